The van der Waals surface area contributed by atoms with Crippen molar-refractivity contribution in [3.63, 3.8) is 0 Å². The molecule has 0 spiro atoms. The van der Waals surface area contributed by atoms with E-state index in [4.69, 9.17) is 19.2 Å². The number of aromatic nitrogens is 3. The zero-order valence-electron chi connectivity index (χ0n) is 20.6. The Morgan fingerprint density at radius 3 is 2.68 bits per heavy atom. The van der Waals surface area contributed by atoms with E-state index in [-0.39, 0.29) is 0 Å². The van der Waals surface area contributed by atoms with Gasteiger partial charge in [-0.2, -0.15) is 4.98 Å². The highest BCUT2D eigenvalue weighted by molar-refractivity contribution is 9.10. The molecule has 0 unspecified atom stereocenters. The van der Waals surface area contributed by atoms with Crippen molar-refractivity contribution in [2.75, 3.05) is 18.2 Å². The second kappa shape index (κ2) is 11.8. The third kappa shape index (κ3) is 5.83. The monoisotopic (exact) mass is 578 g/mol. The Hall–Kier alpha value is -3.30. The number of halogens is 1. The highest BCUT2D eigenvalue weighted by Gasteiger charge is 2.27. The Morgan fingerprint density at radius 2 is 1.86 bits per heavy atom. The molecule has 9 heteroatoms. The lowest BCUT2D eigenvalue weighted by molar-refractivity contribution is 0.223. The lowest BCUT2D eigenvalue weighted by atomic mass is 10.1. The average Bonchev–Trinajstić information content (AvgIpc) is 3.09. The lowest BCUT2D eigenvalue weighted by Gasteiger charge is -2.21. The Morgan fingerprint density at radius 1 is 1.05 bits per heavy atom. The van der Waals surface area contributed by atoms with Crippen molar-refractivity contribution >= 4 is 33.4 Å². The largest absolute Gasteiger partial charge is 0.493 e. The fourth-order valence-corrected chi connectivity index (χ4v) is 5.36. The molecule has 5 rings (SSSR count). The number of para-hydroxylation sites is 1. The molecule has 4 aromatic rings. The van der Waals surface area contributed by atoms with Gasteiger partial charge in [0.25, 0.3) is 0 Å². The van der Waals surface area contributed by atoms with Crippen molar-refractivity contribution in [3.05, 3.63) is 82.3 Å². The van der Waals surface area contributed by atoms with Gasteiger partial charge >= 0.3 is 0 Å². The van der Waals surface area contributed by atoms with Gasteiger partial charge < -0.3 is 19.5 Å². The van der Waals surface area contributed by atoms with Crippen LogP contribution >= 0.6 is 27.7 Å². The fraction of sp³-hybridized carbons (Fsp3) is 0.250. The van der Waals surface area contributed by atoms with Crippen molar-refractivity contribution < 1.29 is 14.2 Å². The Kier molecular flexibility index (Phi) is 8.11. The number of rotatable bonds is 9. The molecule has 1 atom stereocenters. The van der Waals surface area contributed by atoms with Crippen LogP contribution < -0.4 is 19.5 Å². The number of methoxy groups -OCH3 is 1. The molecule has 7 nitrogen and oxygen atoms in total. The second-order valence-corrected chi connectivity index (χ2v) is 10.4. The number of thioether (sulfide) groups is 1. The normalized spacial score (nSPS) is 14.0. The maximum atomic E-state index is 6.44. The van der Waals surface area contributed by atoms with Gasteiger partial charge in [0, 0.05) is 22.6 Å². The van der Waals surface area contributed by atoms with Crippen LogP contribution in [0.15, 0.2) is 76.4 Å². The minimum atomic E-state index is -0.541. The number of unbranched alkanes of at least 4 members (excludes halogenated alkanes) is 1. The number of nitrogens with zero attached hydrogens (tertiary/aromatic N) is 3. The zero-order valence-corrected chi connectivity index (χ0v) is 23.0. The van der Waals surface area contributed by atoms with Crippen LogP contribution in [0.4, 0.5) is 5.69 Å². The van der Waals surface area contributed by atoms with E-state index in [2.05, 4.69) is 38.4 Å². The van der Waals surface area contributed by atoms with Gasteiger partial charge in [0.05, 0.1) is 11.6 Å². The average molecular weight is 580 g/mol. The molecule has 2 heterocycles. The van der Waals surface area contributed by atoms with Gasteiger partial charge in [0.1, 0.15) is 6.61 Å². The van der Waals surface area contributed by atoms with Gasteiger partial charge in [-0.15, -0.1) is 10.2 Å². The summed E-state index contributed by atoms with van der Waals surface area (Å²) in [6, 6.07) is 21.8. The lowest BCUT2D eigenvalue weighted by Crippen LogP contribution is -2.17. The summed E-state index contributed by atoms with van der Waals surface area (Å²) in [5.41, 5.74) is 4.30. The van der Waals surface area contributed by atoms with E-state index in [0.29, 0.717) is 34.8 Å². The first-order valence-corrected chi connectivity index (χ1v) is 13.9. The van der Waals surface area contributed by atoms with Gasteiger partial charge in [-0.1, -0.05) is 73.6 Å². The van der Waals surface area contributed by atoms with E-state index in [1.807, 2.05) is 66.7 Å². The molecule has 1 aliphatic rings. The van der Waals surface area contributed by atoms with Crippen molar-refractivity contribution in [2.24, 2.45) is 0 Å². The molecule has 0 saturated heterocycles. The number of hydrogen-bond acceptors (Lipinski definition) is 8. The molecule has 0 saturated carbocycles. The molecular weight excluding hydrogens is 552 g/mol. The van der Waals surface area contributed by atoms with Crippen LogP contribution in [0.3, 0.4) is 0 Å². The summed E-state index contributed by atoms with van der Waals surface area (Å²) in [7, 11) is 1.63. The number of hydrogen-bond donors (Lipinski definition) is 1. The SMILES string of the molecule is CCCCSc1nnc2c(n1)O[C@H](c1cc(Br)c(OCc3ccccc3)c(OC)c1)Nc1ccccc1-2. The molecule has 3 aromatic carbocycles. The maximum Gasteiger partial charge on any atom is 0.247 e. The Bertz CT molecular complexity index is 1370. The van der Waals surface area contributed by atoms with Crippen molar-refractivity contribution in [2.45, 2.75) is 37.8 Å². The summed E-state index contributed by atoms with van der Waals surface area (Å²) in [5.74, 6) is 2.60. The smallest absolute Gasteiger partial charge is 0.247 e. The van der Waals surface area contributed by atoms with Crippen molar-refractivity contribution in [1.29, 1.82) is 0 Å². The highest BCUT2D eigenvalue weighted by Crippen LogP contribution is 2.43. The van der Waals surface area contributed by atoms with Gasteiger partial charge in [-0.25, -0.2) is 0 Å². The molecule has 0 aliphatic carbocycles. The Labute approximate surface area is 229 Å². The predicted octanol–water partition coefficient (Wildman–Crippen LogP) is 7.28. The number of anilines is 1. The van der Waals surface area contributed by atoms with Gasteiger partial charge in [0.15, 0.2) is 23.4 Å². The van der Waals surface area contributed by atoms with Crippen LogP contribution in [-0.2, 0) is 6.61 Å². The fourth-order valence-electron chi connectivity index (χ4n) is 3.93. The molecule has 1 N–H and O–H groups in total. The molecule has 0 radical (unpaired) electrons. The van der Waals surface area contributed by atoms with Crippen LogP contribution in [0, 0.1) is 0 Å². The van der Waals surface area contributed by atoms with E-state index >= 15 is 0 Å². The number of ether oxygens (including phenoxy) is 3. The van der Waals surface area contributed by atoms with Gasteiger partial charge in [-0.3, -0.25) is 0 Å². The minimum Gasteiger partial charge on any atom is -0.493 e. The summed E-state index contributed by atoms with van der Waals surface area (Å²) in [4.78, 5) is 4.72. The third-order valence-electron chi connectivity index (χ3n) is 5.84. The van der Waals surface area contributed by atoms with E-state index in [9.17, 15) is 0 Å². The molecule has 190 valence electrons. The third-order valence-corrected chi connectivity index (χ3v) is 7.36. The predicted molar refractivity (Wildman–Crippen MR) is 149 cm³/mol. The summed E-state index contributed by atoms with van der Waals surface area (Å²) in [5, 5.41) is 12.9. The first-order valence-electron chi connectivity index (χ1n) is 12.1. The molecule has 37 heavy (non-hydrogen) atoms. The molecule has 0 amide bonds. The summed E-state index contributed by atoms with van der Waals surface area (Å²) in [6.07, 6.45) is 1.66. The van der Waals surface area contributed by atoms with Crippen LogP contribution in [-0.4, -0.2) is 28.0 Å². The molecule has 0 bridgehead atoms. The molecular formula is C28H27BrN4O3S. The standard InChI is InChI=1S/C28H27BrN4O3S/c1-3-4-14-37-28-31-27-24(32-33-28)20-12-8-9-13-22(20)30-26(36-27)19-15-21(29)25(23(16-19)34-2)35-17-18-10-6-5-7-11-18/h5-13,15-16,26,30H,3-4,14,17H2,1-2H3/t26-/m1/s1. The molecule has 0 fully saturated rings. The number of fused-ring (bicyclic) bond motifs is 3. The van der Waals surface area contributed by atoms with E-state index in [0.717, 1.165) is 45.4 Å². The maximum absolute atomic E-state index is 6.44. The molecule has 1 aliphatic heterocycles. The van der Waals surface area contributed by atoms with E-state index in [1.165, 1.54) is 0 Å². The summed E-state index contributed by atoms with van der Waals surface area (Å²) >= 11 is 5.27. The van der Waals surface area contributed by atoms with E-state index in [1.54, 1.807) is 18.9 Å². The number of nitrogens with one attached hydrogen (secondary N) is 1. The van der Waals surface area contributed by atoms with E-state index < -0.39 is 6.23 Å². The van der Waals surface area contributed by atoms with Crippen LogP contribution in [0.2, 0.25) is 0 Å². The van der Waals surface area contributed by atoms with Crippen LogP contribution in [0.25, 0.3) is 11.3 Å². The topological polar surface area (TPSA) is 78.4 Å². The van der Waals surface area contributed by atoms with Crippen LogP contribution in [0.1, 0.15) is 37.1 Å². The van der Waals surface area contributed by atoms with Gasteiger partial charge in [0.2, 0.25) is 11.0 Å². The Balaban J connectivity index is 1.47. The first-order chi connectivity index (χ1) is 18.2. The quantitative estimate of drug-likeness (QED) is 0.164. The second-order valence-electron chi connectivity index (χ2n) is 8.45. The zero-order chi connectivity index (χ0) is 25.6. The van der Waals surface area contributed by atoms with Crippen molar-refractivity contribution in [3.8, 4) is 28.6 Å². The number of benzene rings is 3. The van der Waals surface area contributed by atoms with Gasteiger partial charge in [-0.05, 0) is 46.1 Å². The highest BCUT2D eigenvalue weighted by atomic mass is 79.9. The van der Waals surface area contributed by atoms with Crippen LogP contribution in [0.5, 0.6) is 17.4 Å². The summed E-state index contributed by atoms with van der Waals surface area (Å²) < 4.78 is 19.0. The summed E-state index contributed by atoms with van der Waals surface area (Å²) in [6.45, 7) is 2.59. The minimum absolute atomic E-state index is 0.426. The molecule has 1 aromatic heterocycles. The van der Waals surface area contributed by atoms with Crippen molar-refractivity contribution in [1.82, 2.24) is 15.2 Å². The first kappa shape index (κ1) is 25.4.